The van der Waals surface area contributed by atoms with Gasteiger partial charge in [0.1, 0.15) is 5.82 Å². The van der Waals surface area contributed by atoms with Gasteiger partial charge in [-0.05, 0) is 18.9 Å². The van der Waals surface area contributed by atoms with E-state index in [1.54, 1.807) is 6.07 Å². The van der Waals surface area contributed by atoms with Gasteiger partial charge < -0.3 is 11.1 Å². The monoisotopic (exact) mass is 194 g/mol. The second kappa shape index (κ2) is 3.67. The molecule has 0 spiro atoms. The minimum atomic E-state index is -0.120. The van der Waals surface area contributed by atoms with Crippen LogP contribution in [-0.2, 0) is 5.54 Å². The van der Waals surface area contributed by atoms with Crippen LogP contribution in [0.1, 0.15) is 18.4 Å². The molecule has 2 rings (SSSR count). The number of nitrogens with two attached hydrogens (primary N) is 1. The van der Waals surface area contributed by atoms with Crippen molar-refractivity contribution in [2.45, 2.75) is 18.4 Å². The van der Waals surface area contributed by atoms with Crippen molar-refractivity contribution in [1.29, 1.82) is 0 Å². The second-order valence-corrected chi connectivity index (χ2v) is 3.78. The van der Waals surface area contributed by atoms with Gasteiger partial charge in [0.15, 0.2) is 0 Å². The summed E-state index contributed by atoms with van der Waals surface area (Å²) >= 11 is 0. The highest BCUT2D eigenvalue weighted by molar-refractivity contribution is 5.31. The zero-order chi connectivity index (χ0) is 10.0. The highest BCUT2D eigenvalue weighted by Crippen LogP contribution is 2.46. The van der Waals surface area contributed by atoms with Crippen molar-refractivity contribution >= 4 is 0 Å². The van der Waals surface area contributed by atoms with E-state index in [9.17, 15) is 4.39 Å². The lowest BCUT2D eigenvalue weighted by Crippen LogP contribution is -2.33. The first kappa shape index (κ1) is 9.62. The van der Waals surface area contributed by atoms with Crippen LogP contribution in [-0.4, -0.2) is 13.1 Å². The molecular weight excluding hydrogens is 179 g/mol. The van der Waals surface area contributed by atoms with Gasteiger partial charge in [-0.1, -0.05) is 18.2 Å². The lowest BCUT2D eigenvalue weighted by Gasteiger charge is -2.17. The second-order valence-electron chi connectivity index (χ2n) is 3.78. The van der Waals surface area contributed by atoms with Crippen LogP contribution in [0, 0.1) is 5.82 Å². The highest BCUT2D eigenvalue weighted by Gasteiger charge is 2.45. The Hall–Kier alpha value is -0.930. The van der Waals surface area contributed by atoms with Gasteiger partial charge in [0.25, 0.3) is 0 Å². The molecular formula is C11H15FN2. The van der Waals surface area contributed by atoms with Crippen LogP contribution in [0.25, 0.3) is 0 Å². The zero-order valence-corrected chi connectivity index (χ0v) is 8.09. The summed E-state index contributed by atoms with van der Waals surface area (Å²) in [7, 11) is 0. The van der Waals surface area contributed by atoms with Crippen LogP contribution in [0.4, 0.5) is 4.39 Å². The molecule has 1 aromatic carbocycles. The van der Waals surface area contributed by atoms with Crippen molar-refractivity contribution in [2.75, 3.05) is 13.1 Å². The van der Waals surface area contributed by atoms with E-state index in [0.717, 1.165) is 24.9 Å². The van der Waals surface area contributed by atoms with E-state index in [1.165, 1.54) is 6.07 Å². The van der Waals surface area contributed by atoms with E-state index in [2.05, 4.69) is 5.32 Å². The van der Waals surface area contributed by atoms with Crippen molar-refractivity contribution in [3.05, 3.63) is 35.6 Å². The summed E-state index contributed by atoms with van der Waals surface area (Å²) in [6, 6.07) is 6.96. The lowest BCUT2D eigenvalue weighted by atomic mass is 10.0. The Kier molecular flexibility index (Phi) is 2.52. The molecule has 0 heterocycles. The standard InChI is InChI=1S/C11H15FN2/c12-10-4-2-1-3-9(10)11(5-6-11)14-8-7-13/h1-4,14H,5-8,13H2. The summed E-state index contributed by atoms with van der Waals surface area (Å²) in [6.45, 7) is 1.34. The molecule has 1 aromatic rings. The fraction of sp³-hybridized carbons (Fsp3) is 0.455. The molecule has 3 heteroatoms. The van der Waals surface area contributed by atoms with Gasteiger partial charge in [-0.3, -0.25) is 0 Å². The van der Waals surface area contributed by atoms with E-state index in [4.69, 9.17) is 5.73 Å². The van der Waals surface area contributed by atoms with Gasteiger partial charge in [-0.15, -0.1) is 0 Å². The van der Waals surface area contributed by atoms with Crippen LogP contribution in [0.3, 0.4) is 0 Å². The average molecular weight is 194 g/mol. The Morgan fingerprint density at radius 1 is 1.36 bits per heavy atom. The number of nitrogens with one attached hydrogen (secondary N) is 1. The predicted molar refractivity (Wildman–Crippen MR) is 54.4 cm³/mol. The van der Waals surface area contributed by atoms with Crippen LogP contribution in [0.5, 0.6) is 0 Å². The van der Waals surface area contributed by atoms with Gasteiger partial charge in [0.05, 0.1) is 0 Å². The van der Waals surface area contributed by atoms with Crippen molar-refractivity contribution in [3.63, 3.8) is 0 Å². The average Bonchev–Trinajstić information content (AvgIpc) is 2.97. The third-order valence-corrected chi connectivity index (χ3v) is 2.75. The maximum atomic E-state index is 13.5. The van der Waals surface area contributed by atoms with Crippen molar-refractivity contribution in [2.24, 2.45) is 5.73 Å². The Morgan fingerprint density at radius 2 is 2.07 bits per heavy atom. The molecule has 3 N–H and O–H groups in total. The first-order valence-electron chi connectivity index (χ1n) is 4.99. The molecule has 76 valence electrons. The fourth-order valence-corrected chi connectivity index (χ4v) is 1.83. The SMILES string of the molecule is NCCNC1(c2ccccc2F)CC1. The molecule has 1 saturated carbocycles. The summed E-state index contributed by atoms with van der Waals surface area (Å²) in [5.74, 6) is -0.116. The number of halogens is 1. The first-order chi connectivity index (χ1) is 6.78. The van der Waals surface area contributed by atoms with Crippen molar-refractivity contribution < 1.29 is 4.39 Å². The zero-order valence-electron chi connectivity index (χ0n) is 8.09. The first-order valence-corrected chi connectivity index (χ1v) is 4.99. The summed E-state index contributed by atoms with van der Waals surface area (Å²) in [6.07, 6.45) is 2.02. The number of rotatable bonds is 4. The summed E-state index contributed by atoms with van der Waals surface area (Å²) < 4.78 is 13.5. The van der Waals surface area contributed by atoms with Crippen molar-refractivity contribution in [3.8, 4) is 0 Å². The molecule has 0 radical (unpaired) electrons. The molecule has 14 heavy (non-hydrogen) atoms. The van der Waals surface area contributed by atoms with Crippen molar-refractivity contribution in [1.82, 2.24) is 5.32 Å². The minimum absolute atomic E-state index is 0.116. The van der Waals surface area contributed by atoms with Gasteiger partial charge in [0.2, 0.25) is 0 Å². The van der Waals surface area contributed by atoms with E-state index >= 15 is 0 Å². The van der Waals surface area contributed by atoms with Gasteiger partial charge in [0, 0.05) is 24.2 Å². The number of hydrogen-bond acceptors (Lipinski definition) is 2. The van der Waals surface area contributed by atoms with Crippen LogP contribution < -0.4 is 11.1 Å². The van der Waals surface area contributed by atoms with Crippen LogP contribution in [0.15, 0.2) is 24.3 Å². The van der Waals surface area contributed by atoms with E-state index in [0.29, 0.717) is 6.54 Å². The van der Waals surface area contributed by atoms with Crippen LogP contribution >= 0.6 is 0 Å². The van der Waals surface area contributed by atoms with E-state index in [-0.39, 0.29) is 11.4 Å². The number of benzene rings is 1. The topological polar surface area (TPSA) is 38.0 Å². The minimum Gasteiger partial charge on any atom is -0.329 e. The Morgan fingerprint density at radius 3 is 2.64 bits per heavy atom. The molecule has 0 unspecified atom stereocenters. The third kappa shape index (κ3) is 1.65. The Balaban J connectivity index is 2.18. The maximum absolute atomic E-state index is 13.5. The molecule has 0 saturated heterocycles. The molecule has 0 amide bonds. The number of hydrogen-bond donors (Lipinski definition) is 2. The predicted octanol–water partition coefficient (Wildman–Crippen LogP) is 1.36. The summed E-state index contributed by atoms with van der Waals surface area (Å²) in [5, 5.41) is 3.31. The lowest BCUT2D eigenvalue weighted by molar-refractivity contribution is 0.492. The largest absolute Gasteiger partial charge is 0.329 e. The molecule has 1 aliphatic carbocycles. The van der Waals surface area contributed by atoms with Crippen LogP contribution in [0.2, 0.25) is 0 Å². The molecule has 1 fully saturated rings. The smallest absolute Gasteiger partial charge is 0.128 e. The fourth-order valence-electron chi connectivity index (χ4n) is 1.83. The molecule has 0 aromatic heterocycles. The van der Waals surface area contributed by atoms with E-state index in [1.807, 2.05) is 12.1 Å². The van der Waals surface area contributed by atoms with Gasteiger partial charge in [-0.2, -0.15) is 0 Å². The quantitative estimate of drug-likeness (QED) is 0.759. The molecule has 0 atom stereocenters. The highest BCUT2D eigenvalue weighted by atomic mass is 19.1. The van der Waals surface area contributed by atoms with E-state index < -0.39 is 0 Å². The maximum Gasteiger partial charge on any atom is 0.128 e. The van der Waals surface area contributed by atoms with Gasteiger partial charge >= 0.3 is 0 Å². The Bertz CT molecular complexity index is 321. The van der Waals surface area contributed by atoms with Gasteiger partial charge in [-0.25, -0.2) is 4.39 Å². The normalized spacial score (nSPS) is 18.1. The Labute approximate surface area is 83.3 Å². The molecule has 2 nitrogen and oxygen atoms in total. The molecule has 0 aliphatic heterocycles. The molecule has 1 aliphatic rings. The third-order valence-electron chi connectivity index (χ3n) is 2.75. The summed E-state index contributed by atoms with van der Waals surface area (Å²) in [5.41, 5.74) is 6.09. The summed E-state index contributed by atoms with van der Waals surface area (Å²) in [4.78, 5) is 0. The molecule has 0 bridgehead atoms.